The Kier molecular flexibility index (Phi) is 5.29. The maximum absolute atomic E-state index is 12.4. The fourth-order valence-corrected chi connectivity index (χ4v) is 1.16. The molecule has 0 saturated carbocycles. The van der Waals surface area contributed by atoms with Crippen molar-refractivity contribution in [1.29, 1.82) is 0 Å². The van der Waals surface area contributed by atoms with Gasteiger partial charge in [0.05, 0.1) is 19.8 Å². The minimum Gasteiger partial charge on any atom is -0.394 e. The van der Waals surface area contributed by atoms with E-state index >= 15 is 0 Å². The molecule has 0 aromatic carbocycles. The molecular formula is C10H14F3N3O2. The number of rotatable bonds is 6. The molecule has 1 heterocycles. The van der Waals surface area contributed by atoms with Crippen molar-refractivity contribution in [2.75, 3.05) is 38.3 Å². The molecule has 0 fully saturated rings. The summed E-state index contributed by atoms with van der Waals surface area (Å²) in [7, 11) is 1.57. The molecule has 0 aliphatic rings. The van der Waals surface area contributed by atoms with Gasteiger partial charge in [-0.1, -0.05) is 0 Å². The van der Waals surface area contributed by atoms with Crippen LogP contribution < -0.4 is 4.90 Å². The third kappa shape index (κ3) is 4.46. The molecule has 0 spiro atoms. The predicted molar refractivity (Wildman–Crippen MR) is 58.2 cm³/mol. The highest BCUT2D eigenvalue weighted by molar-refractivity contribution is 5.29. The number of ether oxygens (including phenoxy) is 1. The first-order valence-electron chi connectivity index (χ1n) is 5.25. The number of hydrogen-bond donors (Lipinski definition) is 1. The fourth-order valence-electron chi connectivity index (χ4n) is 1.16. The lowest BCUT2D eigenvalue weighted by Gasteiger charge is -2.17. The van der Waals surface area contributed by atoms with Gasteiger partial charge >= 0.3 is 6.18 Å². The molecule has 0 amide bonds. The van der Waals surface area contributed by atoms with Crippen molar-refractivity contribution in [2.24, 2.45) is 0 Å². The Balaban J connectivity index is 2.60. The van der Waals surface area contributed by atoms with E-state index in [2.05, 4.69) is 9.97 Å². The Morgan fingerprint density at radius 1 is 1.39 bits per heavy atom. The van der Waals surface area contributed by atoms with E-state index in [0.29, 0.717) is 6.54 Å². The number of anilines is 1. The van der Waals surface area contributed by atoms with E-state index in [-0.39, 0.29) is 25.8 Å². The largest absolute Gasteiger partial charge is 0.433 e. The van der Waals surface area contributed by atoms with Gasteiger partial charge in [-0.3, -0.25) is 0 Å². The van der Waals surface area contributed by atoms with Crippen molar-refractivity contribution in [2.45, 2.75) is 6.18 Å². The molecule has 5 nitrogen and oxygen atoms in total. The number of halogens is 3. The van der Waals surface area contributed by atoms with E-state index < -0.39 is 11.9 Å². The minimum atomic E-state index is -4.48. The molecule has 1 N–H and O–H groups in total. The summed E-state index contributed by atoms with van der Waals surface area (Å²) in [6.45, 7) is 0.707. The van der Waals surface area contributed by atoms with E-state index in [1.165, 1.54) is 4.90 Å². The van der Waals surface area contributed by atoms with Crippen LogP contribution in [0, 0.1) is 0 Å². The highest BCUT2D eigenvalue weighted by atomic mass is 19.4. The van der Waals surface area contributed by atoms with Gasteiger partial charge in [0.2, 0.25) is 5.95 Å². The molecule has 0 atom stereocenters. The second-order valence-electron chi connectivity index (χ2n) is 3.50. The SMILES string of the molecule is CN(CCOCCO)c1nccc(C(F)(F)F)n1. The zero-order chi connectivity index (χ0) is 13.6. The lowest BCUT2D eigenvalue weighted by Crippen LogP contribution is -2.26. The summed E-state index contributed by atoms with van der Waals surface area (Å²) < 4.78 is 42.3. The number of aliphatic hydroxyl groups excluding tert-OH is 1. The van der Waals surface area contributed by atoms with Crippen molar-refractivity contribution >= 4 is 5.95 Å². The van der Waals surface area contributed by atoms with Crippen LogP contribution in [-0.4, -0.2) is 48.5 Å². The van der Waals surface area contributed by atoms with Crippen LogP contribution in [0.5, 0.6) is 0 Å². The van der Waals surface area contributed by atoms with Crippen LogP contribution in [0.3, 0.4) is 0 Å². The van der Waals surface area contributed by atoms with Crippen LogP contribution in [0.15, 0.2) is 12.3 Å². The van der Waals surface area contributed by atoms with Gasteiger partial charge in [0, 0.05) is 19.8 Å². The first-order chi connectivity index (χ1) is 8.45. The Morgan fingerprint density at radius 3 is 2.72 bits per heavy atom. The standard InChI is InChI=1S/C10H14F3N3O2/c1-16(4-6-18-7-5-17)9-14-3-2-8(15-9)10(11,12)13/h2-3,17H,4-7H2,1H3. The van der Waals surface area contributed by atoms with Crippen molar-refractivity contribution in [3.05, 3.63) is 18.0 Å². The molecule has 18 heavy (non-hydrogen) atoms. The van der Waals surface area contributed by atoms with E-state index in [0.717, 1.165) is 12.3 Å². The smallest absolute Gasteiger partial charge is 0.394 e. The Morgan fingerprint density at radius 2 is 2.11 bits per heavy atom. The average Bonchev–Trinajstić information content (AvgIpc) is 2.33. The second kappa shape index (κ2) is 6.50. The number of hydrogen-bond acceptors (Lipinski definition) is 5. The van der Waals surface area contributed by atoms with E-state index in [9.17, 15) is 13.2 Å². The Bertz CT molecular complexity index is 374. The third-order valence-corrected chi connectivity index (χ3v) is 2.08. The minimum absolute atomic E-state index is 0.0163. The number of aromatic nitrogens is 2. The molecule has 0 saturated heterocycles. The van der Waals surface area contributed by atoms with Gasteiger partial charge in [-0.05, 0) is 6.07 Å². The normalized spacial score (nSPS) is 11.6. The summed E-state index contributed by atoms with van der Waals surface area (Å²) in [4.78, 5) is 8.64. The number of nitrogens with zero attached hydrogens (tertiary/aromatic N) is 3. The van der Waals surface area contributed by atoms with Gasteiger partial charge in [-0.2, -0.15) is 13.2 Å². The molecular weight excluding hydrogens is 251 g/mol. The van der Waals surface area contributed by atoms with Crippen LogP contribution in [-0.2, 0) is 10.9 Å². The average molecular weight is 265 g/mol. The molecule has 8 heteroatoms. The molecule has 0 aliphatic carbocycles. The Hall–Kier alpha value is -1.41. The molecule has 0 radical (unpaired) electrons. The molecule has 0 aliphatic heterocycles. The number of aliphatic hydroxyl groups is 1. The molecule has 102 valence electrons. The summed E-state index contributed by atoms with van der Waals surface area (Å²) in [6, 6.07) is 0.819. The summed E-state index contributed by atoms with van der Waals surface area (Å²) in [5.74, 6) is -0.0163. The highest BCUT2D eigenvalue weighted by Crippen LogP contribution is 2.27. The Labute approximate surface area is 102 Å². The van der Waals surface area contributed by atoms with Gasteiger partial charge in [0.1, 0.15) is 5.69 Å². The lowest BCUT2D eigenvalue weighted by molar-refractivity contribution is -0.141. The third-order valence-electron chi connectivity index (χ3n) is 2.08. The second-order valence-corrected chi connectivity index (χ2v) is 3.50. The highest BCUT2D eigenvalue weighted by Gasteiger charge is 2.33. The maximum Gasteiger partial charge on any atom is 0.433 e. The summed E-state index contributed by atoms with van der Waals surface area (Å²) >= 11 is 0. The van der Waals surface area contributed by atoms with Crippen LogP contribution in [0.2, 0.25) is 0 Å². The van der Waals surface area contributed by atoms with E-state index in [1.807, 2.05) is 0 Å². The number of likely N-dealkylation sites (N-methyl/N-ethyl adjacent to an activating group) is 1. The first kappa shape index (κ1) is 14.7. The van der Waals surface area contributed by atoms with Gasteiger partial charge < -0.3 is 14.7 Å². The predicted octanol–water partition coefficient (Wildman–Crippen LogP) is 0.940. The van der Waals surface area contributed by atoms with Crippen molar-refractivity contribution < 1.29 is 23.0 Å². The van der Waals surface area contributed by atoms with E-state index in [1.54, 1.807) is 7.05 Å². The van der Waals surface area contributed by atoms with Crippen molar-refractivity contribution in [3.8, 4) is 0 Å². The van der Waals surface area contributed by atoms with Gasteiger partial charge in [-0.15, -0.1) is 0 Å². The maximum atomic E-state index is 12.4. The monoisotopic (exact) mass is 265 g/mol. The van der Waals surface area contributed by atoms with Crippen molar-refractivity contribution in [1.82, 2.24) is 9.97 Å². The topological polar surface area (TPSA) is 58.5 Å². The molecule has 0 unspecified atom stereocenters. The van der Waals surface area contributed by atoms with Crippen LogP contribution in [0.1, 0.15) is 5.69 Å². The van der Waals surface area contributed by atoms with Gasteiger partial charge in [0.15, 0.2) is 0 Å². The first-order valence-corrected chi connectivity index (χ1v) is 5.25. The zero-order valence-electron chi connectivity index (χ0n) is 9.81. The van der Waals surface area contributed by atoms with Crippen LogP contribution in [0.4, 0.5) is 19.1 Å². The number of alkyl halides is 3. The van der Waals surface area contributed by atoms with E-state index in [4.69, 9.17) is 9.84 Å². The summed E-state index contributed by atoms with van der Waals surface area (Å²) in [5.41, 5.74) is -0.976. The molecule has 1 aromatic heterocycles. The summed E-state index contributed by atoms with van der Waals surface area (Å²) in [6.07, 6.45) is -3.41. The fraction of sp³-hybridized carbons (Fsp3) is 0.600. The van der Waals surface area contributed by atoms with Gasteiger partial charge in [-0.25, -0.2) is 9.97 Å². The molecule has 0 bridgehead atoms. The zero-order valence-corrected chi connectivity index (χ0v) is 9.81. The quantitative estimate of drug-likeness (QED) is 0.776. The van der Waals surface area contributed by atoms with Crippen LogP contribution >= 0.6 is 0 Å². The summed E-state index contributed by atoms with van der Waals surface area (Å²) in [5, 5.41) is 8.49. The van der Waals surface area contributed by atoms with Crippen molar-refractivity contribution in [3.63, 3.8) is 0 Å². The molecule has 1 rings (SSSR count). The van der Waals surface area contributed by atoms with Gasteiger partial charge in [0.25, 0.3) is 0 Å². The van der Waals surface area contributed by atoms with Crippen LogP contribution in [0.25, 0.3) is 0 Å². The lowest BCUT2D eigenvalue weighted by atomic mass is 10.4. The molecule has 1 aromatic rings.